The van der Waals surface area contributed by atoms with Gasteiger partial charge >= 0.3 is 0 Å². The Kier molecular flexibility index (Phi) is 3.40. The van der Waals surface area contributed by atoms with E-state index in [0.29, 0.717) is 37.2 Å². The summed E-state index contributed by atoms with van der Waals surface area (Å²) in [6, 6.07) is 1.44. The summed E-state index contributed by atoms with van der Waals surface area (Å²) in [5.41, 5.74) is -0.183. The lowest BCUT2D eigenvalue weighted by molar-refractivity contribution is -0.185. The summed E-state index contributed by atoms with van der Waals surface area (Å²) in [4.78, 5) is 14.8. The summed E-state index contributed by atoms with van der Waals surface area (Å²) < 4.78 is 11.5. The highest BCUT2D eigenvalue weighted by molar-refractivity contribution is 5.90. The zero-order chi connectivity index (χ0) is 16.9. The zero-order valence-electron chi connectivity index (χ0n) is 14.2. The summed E-state index contributed by atoms with van der Waals surface area (Å²) in [6.07, 6.45) is 1.27. The number of Topliss-reactive ketones (excluding diaryl/α,β-unsaturated/α-hetero) is 1. The molecule has 5 rings (SSSR count). The summed E-state index contributed by atoms with van der Waals surface area (Å²) in [5, 5.41) is 22.3. The van der Waals surface area contributed by atoms with Crippen molar-refractivity contribution in [2.45, 2.75) is 48.8 Å². The average molecular weight is 368 g/mol. The van der Waals surface area contributed by atoms with E-state index in [1.54, 1.807) is 6.07 Å². The third-order valence-electron chi connectivity index (χ3n) is 6.84. The Morgan fingerprint density at radius 3 is 2.88 bits per heavy atom. The summed E-state index contributed by atoms with van der Waals surface area (Å²) >= 11 is 0. The van der Waals surface area contributed by atoms with Gasteiger partial charge in [-0.15, -0.1) is 12.4 Å². The molecule has 0 unspecified atom stereocenters. The molecule has 0 aromatic heterocycles. The molecule has 1 aromatic carbocycles. The molecule has 1 saturated carbocycles. The van der Waals surface area contributed by atoms with Gasteiger partial charge in [-0.25, -0.2) is 0 Å². The summed E-state index contributed by atoms with van der Waals surface area (Å²) in [7, 11) is 3.53. The predicted molar refractivity (Wildman–Crippen MR) is 91.9 cm³/mol. The topological polar surface area (TPSA) is 79.2 Å². The molecule has 1 spiro atoms. The van der Waals surface area contributed by atoms with E-state index in [1.165, 1.54) is 7.11 Å². The molecular weight excluding hydrogens is 346 g/mol. The number of halogens is 1. The van der Waals surface area contributed by atoms with Crippen LogP contribution < -0.4 is 9.47 Å². The number of hydrogen-bond donors (Lipinski definition) is 2. The number of aliphatic hydroxyl groups is 1. The van der Waals surface area contributed by atoms with E-state index in [4.69, 9.17) is 9.47 Å². The number of carbonyl (C=O) groups excluding carboxylic acids is 1. The number of methoxy groups -OCH3 is 1. The number of likely N-dealkylation sites (N-methyl/N-ethyl adjacent to an activating group) is 1. The van der Waals surface area contributed by atoms with Crippen molar-refractivity contribution in [3.05, 3.63) is 17.2 Å². The minimum atomic E-state index is -1.02. The minimum absolute atomic E-state index is 0. The molecule has 4 atom stereocenters. The summed E-state index contributed by atoms with van der Waals surface area (Å²) in [5.74, 6) is 1.16. The van der Waals surface area contributed by atoms with Gasteiger partial charge in [0.2, 0.25) is 0 Å². The van der Waals surface area contributed by atoms with E-state index >= 15 is 0 Å². The molecular formula is C18H22ClNO5. The maximum atomic E-state index is 12.7. The van der Waals surface area contributed by atoms with E-state index in [-0.39, 0.29) is 30.0 Å². The average Bonchev–Trinajstić information content (AvgIpc) is 2.90. The van der Waals surface area contributed by atoms with Crippen molar-refractivity contribution in [2.75, 3.05) is 20.7 Å². The lowest BCUT2D eigenvalue weighted by Gasteiger charge is -2.61. The molecule has 2 bridgehead atoms. The number of nitrogens with zero attached hydrogens (tertiary/aromatic N) is 1. The maximum absolute atomic E-state index is 12.7. The van der Waals surface area contributed by atoms with Crippen LogP contribution in [0.1, 0.15) is 30.4 Å². The number of benzene rings is 1. The first-order valence-corrected chi connectivity index (χ1v) is 8.49. The van der Waals surface area contributed by atoms with Crippen molar-refractivity contribution < 1.29 is 24.5 Å². The maximum Gasteiger partial charge on any atom is 0.174 e. The van der Waals surface area contributed by atoms with Gasteiger partial charge in [-0.05, 0) is 32.9 Å². The van der Waals surface area contributed by atoms with Crippen LogP contribution >= 0.6 is 12.4 Å². The number of hydrogen-bond acceptors (Lipinski definition) is 6. The Labute approximate surface area is 152 Å². The predicted octanol–water partition coefficient (Wildman–Crippen LogP) is 1.18. The molecule has 2 heterocycles. The molecule has 4 aliphatic rings. The van der Waals surface area contributed by atoms with Crippen molar-refractivity contribution in [1.29, 1.82) is 0 Å². The van der Waals surface area contributed by atoms with Crippen molar-refractivity contribution in [3.63, 3.8) is 0 Å². The SMILES string of the molecule is COc1cc(O)c2c3c1O[C@H]1C(=O)CC[C@@]4(O)[C@@H](C2)N(C)CC[C@]314.Cl. The Morgan fingerprint density at radius 1 is 1.40 bits per heavy atom. The fourth-order valence-electron chi connectivity index (χ4n) is 5.74. The second-order valence-corrected chi connectivity index (χ2v) is 7.59. The van der Waals surface area contributed by atoms with Crippen LogP contribution in [-0.2, 0) is 16.6 Å². The molecule has 2 aliphatic carbocycles. The molecule has 0 radical (unpaired) electrons. The van der Waals surface area contributed by atoms with E-state index in [9.17, 15) is 15.0 Å². The fourth-order valence-corrected chi connectivity index (χ4v) is 5.74. The van der Waals surface area contributed by atoms with Crippen LogP contribution in [0.25, 0.3) is 0 Å². The Bertz CT molecular complexity index is 783. The van der Waals surface area contributed by atoms with E-state index in [1.807, 2.05) is 7.05 Å². The number of aromatic hydroxyl groups is 1. The lowest BCUT2D eigenvalue weighted by atomic mass is 9.49. The van der Waals surface area contributed by atoms with Crippen LogP contribution in [0, 0.1) is 0 Å². The highest BCUT2D eigenvalue weighted by Crippen LogP contribution is 2.65. The van der Waals surface area contributed by atoms with Crippen molar-refractivity contribution in [2.24, 2.45) is 0 Å². The molecule has 7 heteroatoms. The number of ketones is 1. The summed E-state index contributed by atoms with van der Waals surface area (Å²) in [6.45, 7) is 0.789. The molecule has 1 aromatic rings. The van der Waals surface area contributed by atoms with Crippen LogP contribution in [0.3, 0.4) is 0 Å². The molecule has 2 fully saturated rings. The molecule has 0 amide bonds. The monoisotopic (exact) mass is 367 g/mol. The van der Waals surface area contributed by atoms with Gasteiger partial charge in [0.25, 0.3) is 0 Å². The second kappa shape index (κ2) is 5.02. The first-order valence-electron chi connectivity index (χ1n) is 8.49. The van der Waals surface area contributed by atoms with Crippen LogP contribution in [0.2, 0.25) is 0 Å². The van der Waals surface area contributed by atoms with Crippen LogP contribution in [0.5, 0.6) is 17.2 Å². The highest BCUT2D eigenvalue weighted by atomic mass is 35.5. The number of phenols is 1. The molecule has 136 valence electrons. The van der Waals surface area contributed by atoms with Gasteiger partial charge in [-0.2, -0.15) is 0 Å². The smallest absolute Gasteiger partial charge is 0.174 e. The van der Waals surface area contributed by atoms with Crippen LogP contribution in [-0.4, -0.2) is 59.3 Å². The standard InChI is InChI=1S/C18H21NO5.ClH/c1-19-6-5-17-14-9-7-13(19)18(17,22)4-3-10(20)16(17)24-15(14)12(23-2)8-11(9)21;/h8,13,16,21-22H,3-7H2,1-2H3;1H/t13-,16+,17+,18-;/m1./s1. The van der Waals surface area contributed by atoms with Gasteiger partial charge in [-0.3, -0.25) is 4.79 Å². The minimum Gasteiger partial charge on any atom is -0.508 e. The lowest BCUT2D eigenvalue weighted by Crippen LogP contribution is -2.76. The number of carbonyl (C=O) groups is 1. The third kappa shape index (κ3) is 1.66. The normalized spacial score (nSPS) is 37.8. The molecule has 1 saturated heterocycles. The van der Waals surface area contributed by atoms with E-state index in [2.05, 4.69) is 4.90 Å². The van der Waals surface area contributed by atoms with Crippen molar-refractivity contribution in [1.82, 2.24) is 4.90 Å². The molecule has 6 nitrogen and oxygen atoms in total. The van der Waals surface area contributed by atoms with Gasteiger partial charge < -0.3 is 24.6 Å². The largest absolute Gasteiger partial charge is 0.508 e. The number of phenolic OH excluding ortho intramolecular Hbond substituents is 1. The highest BCUT2D eigenvalue weighted by Gasteiger charge is 2.73. The quantitative estimate of drug-likeness (QED) is 0.776. The van der Waals surface area contributed by atoms with Crippen molar-refractivity contribution in [3.8, 4) is 17.2 Å². The second-order valence-electron chi connectivity index (χ2n) is 7.59. The van der Waals surface area contributed by atoms with Gasteiger partial charge in [0.05, 0.1) is 18.1 Å². The van der Waals surface area contributed by atoms with Crippen LogP contribution in [0.15, 0.2) is 6.07 Å². The fraction of sp³-hybridized carbons (Fsp3) is 0.611. The number of rotatable bonds is 1. The molecule has 2 aliphatic heterocycles. The number of likely N-dealkylation sites (tertiary alicyclic amines) is 1. The number of piperidine rings is 1. The molecule has 2 N–H and O–H groups in total. The van der Waals surface area contributed by atoms with Gasteiger partial charge in [0.15, 0.2) is 23.4 Å². The Morgan fingerprint density at radius 2 is 2.16 bits per heavy atom. The van der Waals surface area contributed by atoms with Gasteiger partial charge in [0.1, 0.15) is 5.75 Å². The van der Waals surface area contributed by atoms with Gasteiger partial charge in [-0.1, -0.05) is 0 Å². The van der Waals surface area contributed by atoms with E-state index < -0.39 is 17.1 Å². The van der Waals surface area contributed by atoms with Gasteiger partial charge in [0, 0.05) is 29.7 Å². The molecule has 25 heavy (non-hydrogen) atoms. The zero-order valence-corrected chi connectivity index (χ0v) is 15.1. The Balaban J connectivity index is 0.00000157. The third-order valence-corrected chi connectivity index (χ3v) is 6.84. The Hall–Kier alpha value is -1.50. The van der Waals surface area contributed by atoms with Crippen LogP contribution in [0.4, 0.5) is 0 Å². The van der Waals surface area contributed by atoms with E-state index in [0.717, 1.165) is 17.7 Å². The van der Waals surface area contributed by atoms with Crippen molar-refractivity contribution >= 4 is 18.2 Å². The first-order chi connectivity index (χ1) is 11.4. The number of ether oxygens (including phenoxy) is 2. The first kappa shape index (κ1) is 16.9.